The Kier molecular flexibility index (Phi) is 2.46. The number of ether oxygens (including phenoxy) is 1. The Morgan fingerprint density at radius 3 is 3.00 bits per heavy atom. The van der Waals surface area contributed by atoms with Gasteiger partial charge in [-0.1, -0.05) is 6.07 Å². The molecule has 0 saturated carbocycles. The van der Waals surface area contributed by atoms with Crippen molar-refractivity contribution in [3.05, 3.63) is 35.5 Å². The molecule has 1 heterocycles. The maximum atomic E-state index is 11.6. The molecule has 2 rings (SSSR count). The number of nitrogens with one attached hydrogen (secondary N) is 1. The Balaban J connectivity index is 2.55. The second-order valence-corrected chi connectivity index (χ2v) is 3.44. The molecule has 0 unspecified atom stereocenters. The van der Waals surface area contributed by atoms with Crippen molar-refractivity contribution in [1.29, 1.82) is 0 Å². The zero-order valence-electron chi connectivity index (χ0n) is 8.83. The zero-order chi connectivity index (χ0) is 10.8. The topological polar surface area (TPSA) is 42.1 Å². The summed E-state index contributed by atoms with van der Waals surface area (Å²) in [5.74, 6) is -0.262. The van der Waals surface area contributed by atoms with Gasteiger partial charge in [-0.3, -0.25) is 0 Å². The van der Waals surface area contributed by atoms with Gasteiger partial charge >= 0.3 is 5.97 Å². The first-order valence-corrected chi connectivity index (χ1v) is 4.98. The molecule has 15 heavy (non-hydrogen) atoms. The van der Waals surface area contributed by atoms with Crippen molar-refractivity contribution in [1.82, 2.24) is 4.98 Å². The van der Waals surface area contributed by atoms with Crippen LogP contribution in [-0.2, 0) is 4.74 Å². The van der Waals surface area contributed by atoms with Crippen LogP contribution in [0.4, 0.5) is 0 Å². The normalized spacial score (nSPS) is 10.5. The third-order valence-corrected chi connectivity index (χ3v) is 2.29. The van der Waals surface area contributed by atoms with Crippen molar-refractivity contribution in [2.24, 2.45) is 0 Å². The molecular weight excluding hydrogens is 190 g/mol. The van der Waals surface area contributed by atoms with Gasteiger partial charge in [-0.15, -0.1) is 0 Å². The summed E-state index contributed by atoms with van der Waals surface area (Å²) < 4.78 is 4.99. The number of rotatable bonds is 2. The Bertz CT molecular complexity index is 499. The van der Waals surface area contributed by atoms with Gasteiger partial charge in [0.1, 0.15) is 0 Å². The van der Waals surface area contributed by atoms with E-state index in [9.17, 15) is 4.79 Å². The van der Waals surface area contributed by atoms with Crippen LogP contribution in [0, 0.1) is 6.92 Å². The molecule has 0 spiro atoms. The predicted octanol–water partition coefficient (Wildman–Crippen LogP) is 2.65. The van der Waals surface area contributed by atoms with Crippen LogP contribution >= 0.6 is 0 Å². The minimum absolute atomic E-state index is 0.262. The summed E-state index contributed by atoms with van der Waals surface area (Å²) in [6.45, 7) is 4.17. The fourth-order valence-corrected chi connectivity index (χ4v) is 1.68. The molecular formula is C12H13NO2. The number of H-pyrrole nitrogens is 1. The fraction of sp³-hybridized carbons (Fsp3) is 0.250. The van der Waals surface area contributed by atoms with Crippen LogP contribution in [0.15, 0.2) is 24.3 Å². The first-order chi connectivity index (χ1) is 7.22. The molecule has 0 radical (unpaired) electrons. The second-order valence-electron chi connectivity index (χ2n) is 3.44. The third-order valence-electron chi connectivity index (χ3n) is 2.29. The molecule has 1 N–H and O–H groups in total. The van der Waals surface area contributed by atoms with E-state index < -0.39 is 0 Å². The van der Waals surface area contributed by atoms with Crippen LogP contribution < -0.4 is 0 Å². The number of hydrogen-bond acceptors (Lipinski definition) is 2. The summed E-state index contributed by atoms with van der Waals surface area (Å²) in [5, 5.41) is 0.924. The molecule has 0 fully saturated rings. The number of carbonyl (C=O) groups excluding carboxylic acids is 1. The van der Waals surface area contributed by atoms with Gasteiger partial charge in [0.15, 0.2) is 0 Å². The summed E-state index contributed by atoms with van der Waals surface area (Å²) in [6, 6.07) is 7.55. The molecule has 2 aromatic rings. The molecule has 1 aromatic carbocycles. The van der Waals surface area contributed by atoms with Crippen LogP contribution in [0.25, 0.3) is 10.9 Å². The van der Waals surface area contributed by atoms with E-state index in [1.54, 1.807) is 13.0 Å². The largest absolute Gasteiger partial charge is 0.462 e. The van der Waals surface area contributed by atoms with Gasteiger partial charge in [0.25, 0.3) is 0 Å². The minimum atomic E-state index is -0.262. The Morgan fingerprint density at radius 2 is 2.27 bits per heavy atom. The van der Waals surface area contributed by atoms with E-state index in [2.05, 4.69) is 4.98 Å². The van der Waals surface area contributed by atoms with Crippen molar-refractivity contribution < 1.29 is 9.53 Å². The van der Waals surface area contributed by atoms with Gasteiger partial charge in [-0.2, -0.15) is 0 Å². The molecule has 0 aliphatic rings. The van der Waals surface area contributed by atoms with Gasteiger partial charge in [0, 0.05) is 16.6 Å². The zero-order valence-corrected chi connectivity index (χ0v) is 8.83. The minimum Gasteiger partial charge on any atom is -0.462 e. The van der Waals surface area contributed by atoms with E-state index >= 15 is 0 Å². The van der Waals surface area contributed by atoms with Crippen LogP contribution in [-0.4, -0.2) is 17.6 Å². The molecule has 1 aromatic heterocycles. The molecule has 3 nitrogen and oxygen atoms in total. The second kappa shape index (κ2) is 3.77. The van der Waals surface area contributed by atoms with E-state index in [4.69, 9.17) is 4.74 Å². The predicted molar refractivity (Wildman–Crippen MR) is 59.0 cm³/mol. The van der Waals surface area contributed by atoms with Crippen molar-refractivity contribution in [2.75, 3.05) is 6.61 Å². The first kappa shape index (κ1) is 9.77. The van der Waals surface area contributed by atoms with E-state index in [-0.39, 0.29) is 5.97 Å². The number of hydrogen-bond donors (Lipinski definition) is 1. The summed E-state index contributed by atoms with van der Waals surface area (Å²) >= 11 is 0. The lowest BCUT2D eigenvalue weighted by Gasteiger charge is -2.02. The number of fused-ring (bicyclic) bond motifs is 1. The summed E-state index contributed by atoms with van der Waals surface area (Å²) in [6.07, 6.45) is 0. The molecule has 0 saturated heterocycles. The Hall–Kier alpha value is -1.77. The smallest absolute Gasteiger partial charge is 0.338 e. The average Bonchev–Trinajstić information content (AvgIpc) is 2.57. The van der Waals surface area contributed by atoms with Crippen LogP contribution in [0.5, 0.6) is 0 Å². The van der Waals surface area contributed by atoms with Gasteiger partial charge in [0.05, 0.1) is 12.2 Å². The Morgan fingerprint density at radius 1 is 1.47 bits per heavy atom. The van der Waals surface area contributed by atoms with Gasteiger partial charge in [0.2, 0.25) is 0 Å². The average molecular weight is 203 g/mol. The molecule has 0 bridgehead atoms. The molecule has 3 heteroatoms. The third kappa shape index (κ3) is 1.73. The lowest BCUT2D eigenvalue weighted by atomic mass is 10.1. The van der Waals surface area contributed by atoms with Crippen LogP contribution in [0.2, 0.25) is 0 Å². The molecule has 0 atom stereocenters. The van der Waals surface area contributed by atoms with E-state index in [1.165, 1.54) is 0 Å². The lowest BCUT2D eigenvalue weighted by Crippen LogP contribution is -2.04. The van der Waals surface area contributed by atoms with Gasteiger partial charge in [-0.05, 0) is 32.0 Å². The number of aryl methyl sites for hydroxylation is 1. The molecule has 78 valence electrons. The standard InChI is InChI=1S/C12H13NO2/c1-3-15-12(14)9-5-4-6-11-10(9)7-8(2)13-11/h4-7,13H,3H2,1-2H3. The number of benzene rings is 1. The SMILES string of the molecule is CCOC(=O)c1cccc2[nH]c(C)cc12. The van der Waals surface area contributed by atoms with Crippen molar-refractivity contribution >= 4 is 16.9 Å². The number of aromatic amines is 1. The Labute approximate surface area is 88.1 Å². The highest BCUT2D eigenvalue weighted by atomic mass is 16.5. The van der Waals surface area contributed by atoms with Gasteiger partial charge in [-0.25, -0.2) is 4.79 Å². The van der Waals surface area contributed by atoms with Crippen molar-refractivity contribution in [3.63, 3.8) is 0 Å². The molecule has 0 amide bonds. The highest BCUT2D eigenvalue weighted by Gasteiger charge is 2.11. The molecule has 0 aliphatic heterocycles. The lowest BCUT2D eigenvalue weighted by molar-refractivity contribution is 0.0528. The summed E-state index contributed by atoms with van der Waals surface area (Å²) in [7, 11) is 0. The number of aromatic nitrogens is 1. The fourth-order valence-electron chi connectivity index (χ4n) is 1.68. The first-order valence-electron chi connectivity index (χ1n) is 4.98. The summed E-state index contributed by atoms with van der Waals surface area (Å²) in [5.41, 5.74) is 2.64. The van der Waals surface area contributed by atoms with Gasteiger partial charge < -0.3 is 9.72 Å². The van der Waals surface area contributed by atoms with E-state index in [0.717, 1.165) is 16.6 Å². The highest BCUT2D eigenvalue weighted by Crippen LogP contribution is 2.20. The number of carbonyl (C=O) groups is 1. The van der Waals surface area contributed by atoms with Crippen molar-refractivity contribution in [2.45, 2.75) is 13.8 Å². The highest BCUT2D eigenvalue weighted by molar-refractivity contribution is 6.03. The maximum Gasteiger partial charge on any atom is 0.338 e. The monoisotopic (exact) mass is 203 g/mol. The summed E-state index contributed by atoms with van der Waals surface area (Å²) in [4.78, 5) is 14.8. The maximum absolute atomic E-state index is 11.6. The quantitative estimate of drug-likeness (QED) is 0.762. The van der Waals surface area contributed by atoms with E-state index in [1.807, 2.05) is 25.1 Å². The number of esters is 1. The van der Waals surface area contributed by atoms with Crippen LogP contribution in [0.3, 0.4) is 0 Å². The van der Waals surface area contributed by atoms with E-state index in [0.29, 0.717) is 12.2 Å². The van der Waals surface area contributed by atoms with Crippen LogP contribution in [0.1, 0.15) is 23.0 Å². The van der Waals surface area contributed by atoms with Crippen molar-refractivity contribution in [3.8, 4) is 0 Å². The molecule has 0 aliphatic carbocycles.